The second-order valence-corrected chi connectivity index (χ2v) is 11.5. The second-order valence-electron chi connectivity index (χ2n) is 10.5. The van der Waals surface area contributed by atoms with Crippen molar-refractivity contribution in [2.45, 2.75) is 83.4 Å². The lowest BCUT2D eigenvalue weighted by atomic mass is 10.1. The quantitative estimate of drug-likeness (QED) is 0.503. The number of likely N-dealkylation sites (tertiary alicyclic amines) is 1. The Morgan fingerprint density at radius 2 is 2.00 bits per heavy atom. The molecule has 1 aliphatic carbocycles. The van der Waals surface area contributed by atoms with Gasteiger partial charge in [0.2, 0.25) is 0 Å². The Morgan fingerprint density at radius 1 is 1.31 bits per heavy atom. The van der Waals surface area contributed by atoms with Crippen LogP contribution in [-0.2, 0) is 0 Å². The Balaban J connectivity index is 1.68. The molecule has 4 rings (SSSR count). The van der Waals surface area contributed by atoms with Crippen LogP contribution in [0, 0.1) is 6.92 Å². The maximum atomic E-state index is 14.0. The number of carbonyl (C=O) groups is 2. The van der Waals surface area contributed by atoms with E-state index in [9.17, 15) is 23.5 Å². The molecule has 0 unspecified atom stereocenters. The minimum absolute atomic E-state index is 0.0124. The minimum Gasteiger partial charge on any atom is -0.389 e. The molecule has 0 spiro atoms. The van der Waals surface area contributed by atoms with Gasteiger partial charge < -0.3 is 20.6 Å². The third-order valence-corrected chi connectivity index (χ3v) is 7.64. The number of nitrogens with one attached hydrogen (secondary N) is 2. The van der Waals surface area contributed by atoms with Gasteiger partial charge in [-0.05, 0) is 52.2 Å². The summed E-state index contributed by atoms with van der Waals surface area (Å²) in [7, 11) is 0. The largest absolute Gasteiger partial charge is 0.389 e. The minimum atomic E-state index is -2.97. The Hall–Kier alpha value is -2.66. The number of aryl methyl sites for hydroxylation is 1. The summed E-state index contributed by atoms with van der Waals surface area (Å²) >= 11 is 1.01. The zero-order valence-electron chi connectivity index (χ0n) is 21.0. The number of rotatable bonds is 7. The number of nitrogens with zero attached hydrogens (tertiary/aromatic N) is 3. The molecule has 2 aliphatic rings. The van der Waals surface area contributed by atoms with Gasteiger partial charge in [-0.15, -0.1) is 11.3 Å². The van der Waals surface area contributed by atoms with Crippen molar-refractivity contribution in [3.63, 3.8) is 0 Å². The molecule has 3 N–H and O–H groups in total. The molecule has 0 aromatic carbocycles. The number of alkyl halides is 2. The van der Waals surface area contributed by atoms with Crippen LogP contribution in [0.1, 0.15) is 78.7 Å². The van der Waals surface area contributed by atoms with E-state index in [1.807, 2.05) is 13.0 Å². The number of halogens is 2. The van der Waals surface area contributed by atoms with E-state index < -0.39 is 42.3 Å². The average molecular weight is 522 g/mol. The van der Waals surface area contributed by atoms with E-state index in [0.29, 0.717) is 16.5 Å². The number of carbonyl (C=O) groups excluding carboxylic acids is 2. The normalized spacial score (nSPS) is 20.1. The molecule has 0 bridgehead atoms. The van der Waals surface area contributed by atoms with E-state index in [1.54, 1.807) is 27.0 Å². The topological polar surface area (TPSA) is 107 Å². The molecule has 1 saturated carbocycles. The number of hydrogen-bond donors (Lipinski definition) is 3. The first kappa shape index (κ1) is 26.4. The molecule has 1 aliphatic heterocycles. The van der Waals surface area contributed by atoms with Gasteiger partial charge in [0.1, 0.15) is 11.5 Å². The van der Waals surface area contributed by atoms with Gasteiger partial charge >= 0.3 is 0 Å². The van der Waals surface area contributed by atoms with E-state index >= 15 is 0 Å². The first-order valence-corrected chi connectivity index (χ1v) is 13.1. The van der Waals surface area contributed by atoms with Crippen molar-refractivity contribution < 1.29 is 23.5 Å². The predicted octanol–water partition coefficient (Wildman–Crippen LogP) is 4.24. The Morgan fingerprint density at radius 3 is 2.58 bits per heavy atom. The maximum absolute atomic E-state index is 14.0. The highest BCUT2D eigenvalue weighted by Crippen LogP contribution is 2.37. The molecule has 2 aromatic heterocycles. The van der Waals surface area contributed by atoms with Crippen molar-refractivity contribution >= 4 is 29.0 Å². The van der Waals surface area contributed by atoms with Crippen LogP contribution < -0.4 is 10.6 Å². The monoisotopic (exact) mass is 521 g/mol. The molecule has 8 nitrogen and oxygen atoms in total. The highest BCUT2D eigenvalue weighted by Gasteiger charge is 2.46. The summed E-state index contributed by atoms with van der Waals surface area (Å²) in [6.45, 7) is 5.87. The molecule has 3 heterocycles. The number of hydrogen-bond acceptors (Lipinski definition) is 7. The molecule has 2 aromatic rings. The Kier molecular flexibility index (Phi) is 7.34. The summed E-state index contributed by atoms with van der Waals surface area (Å²) in [5.41, 5.74) is 0.270. The number of amides is 2. The van der Waals surface area contributed by atoms with Crippen LogP contribution >= 0.6 is 11.3 Å². The number of aliphatic hydroxyl groups is 1. The first-order valence-electron chi connectivity index (χ1n) is 12.3. The van der Waals surface area contributed by atoms with Crippen LogP contribution in [-0.4, -0.2) is 68.5 Å². The van der Waals surface area contributed by atoms with Gasteiger partial charge in [0.15, 0.2) is 5.01 Å². The van der Waals surface area contributed by atoms with Gasteiger partial charge in [0, 0.05) is 36.8 Å². The van der Waals surface area contributed by atoms with E-state index in [0.717, 1.165) is 40.5 Å². The molecular formula is C25H33F2N5O3S. The van der Waals surface area contributed by atoms with Gasteiger partial charge in [-0.2, -0.15) is 0 Å². The first-order chi connectivity index (χ1) is 16.8. The standard InChI is InChI=1S/C25H33F2N5O3S/c1-14-9-18(30-16-7-5-6-8-16)28-11-17(14)20-19(23(34)32-13-25(26,27)10-15(32)2)31-22(36-20)21(33)29-12-24(3,4)35/h9,11,15-16,35H,5-8,10,12-13H2,1-4H3,(H,28,30)(H,29,33)/t15-/m0/s1. The molecule has 196 valence electrons. The zero-order chi connectivity index (χ0) is 26.3. The van der Waals surface area contributed by atoms with E-state index in [-0.39, 0.29) is 17.2 Å². The summed E-state index contributed by atoms with van der Waals surface area (Å²) in [4.78, 5) is 36.6. The molecular weight excluding hydrogens is 488 g/mol. The molecule has 36 heavy (non-hydrogen) atoms. The summed E-state index contributed by atoms with van der Waals surface area (Å²) in [6.07, 6.45) is 5.78. The average Bonchev–Trinajstić information content (AvgIpc) is 3.50. The molecule has 2 fully saturated rings. The van der Waals surface area contributed by atoms with Crippen molar-refractivity contribution in [3.05, 3.63) is 28.5 Å². The van der Waals surface area contributed by atoms with Crippen LogP contribution in [0.4, 0.5) is 14.6 Å². The summed E-state index contributed by atoms with van der Waals surface area (Å²) in [6, 6.07) is 1.61. The lowest BCUT2D eigenvalue weighted by Gasteiger charge is -2.20. The third-order valence-electron chi connectivity index (χ3n) is 6.56. The number of pyridine rings is 1. The summed E-state index contributed by atoms with van der Waals surface area (Å²) < 4.78 is 28.1. The van der Waals surface area contributed by atoms with E-state index in [2.05, 4.69) is 20.6 Å². The molecule has 11 heteroatoms. The zero-order valence-corrected chi connectivity index (χ0v) is 21.8. The Labute approximate surface area is 213 Å². The third kappa shape index (κ3) is 6.00. The van der Waals surface area contributed by atoms with Gasteiger partial charge in [0.25, 0.3) is 17.7 Å². The van der Waals surface area contributed by atoms with Gasteiger partial charge in [-0.25, -0.2) is 18.7 Å². The summed E-state index contributed by atoms with van der Waals surface area (Å²) in [5.74, 6) is -3.42. The van der Waals surface area contributed by atoms with Crippen LogP contribution in [0.15, 0.2) is 12.3 Å². The van der Waals surface area contributed by atoms with E-state index in [1.165, 1.54) is 12.8 Å². The molecule has 0 radical (unpaired) electrons. The molecule has 2 amide bonds. The molecule has 1 saturated heterocycles. The van der Waals surface area contributed by atoms with Gasteiger partial charge in [0.05, 0.1) is 17.0 Å². The van der Waals surface area contributed by atoms with Crippen molar-refractivity contribution in [3.8, 4) is 10.4 Å². The number of thiazole rings is 1. The fourth-order valence-corrected chi connectivity index (χ4v) is 5.74. The fraction of sp³-hybridized carbons (Fsp3) is 0.600. The highest BCUT2D eigenvalue weighted by atomic mass is 32.1. The van der Waals surface area contributed by atoms with Crippen molar-refractivity contribution in [2.24, 2.45) is 0 Å². The lowest BCUT2D eigenvalue weighted by molar-refractivity contribution is 0.0118. The van der Waals surface area contributed by atoms with Gasteiger partial charge in [-0.3, -0.25) is 9.59 Å². The van der Waals surface area contributed by atoms with Crippen LogP contribution in [0.2, 0.25) is 0 Å². The fourth-order valence-electron chi connectivity index (χ4n) is 4.69. The lowest BCUT2D eigenvalue weighted by Crippen LogP contribution is -2.38. The van der Waals surface area contributed by atoms with Crippen molar-refractivity contribution in [1.82, 2.24) is 20.2 Å². The van der Waals surface area contributed by atoms with Gasteiger partial charge in [-0.1, -0.05) is 12.8 Å². The maximum Gasteiger partial charge on any atom is 0.280 e. The highest BCUT2D eigenvalue weighted by molar-refractivity contribution is 7.17. The molecule has 1 atom stereocenters. The summed E-state index contributed by atoms with van der Waals surface area (Å²) in [5, 5.41) is 16.0. The second kappa shape index (κ2) is 10.0. The number of aromatic nitrogens is 2. The number of anilines is 1. The predicted molar refractivity (Wildman–Crippen MR) is 135 cm³/mol. The van der Waals surface area contributed by atoms with Crippen molar-refractivity contribution in [2.75, 3.05) is 18.4 Å². The van der Waals surface area contributed by atoms with Crippen LogP contribution in [0.25, 0.3) is 10.4 Å². The smallest absolute Gasteiger partial charge is 0.280 e. The van der Waals surface area contributed by atoms with Crippen LogP contribution in [0.5, 0.6) is 0 Å². The van der Waals surface area contributed by atoms with E-state index in [4.69, 9.17) is 0 Å². The van der Waals surface area contributed by atoms with Crippen molar-refractivity contribution in [1.29, 1.82) is 0 Å². The SMILES string of the molecule is Cc1cc(NC2CCCC2)ncc1-c1sc(C(=O)NCC(C)(C)O)nc1C(=O)N1CC(F)(F)C[C@@H]1C. The Bertz CT molecular complexity index is 1140. The van der Waals surface area contributed by atoms with Crippen LogP contribution in [0.3, 0.4) is 0 Å².